The van der Waals surface area contributed by atoms with Crippen molar-refractivity contribution >= 4 is 38.5 Å². The number of hydrogen-bond donors (Lipinski definition) is 1. The molecule has 4 atom stereocenters. The quantitative estimate of drug-likeness (QED) is 0.856. The number of carboxylic acid groups (broad SMARTS) is 1. The molecule has 1 amide bonds. The zero-order valence-corrected chi connectivity index (χ0v) is 13.8. The van der Waals surface area contributed by atoms with Gasteiger partial charge < -0.3 is 10.0 Å². The van der Waals surface area contributed by atoms with Gasteiger partial charge in [-0.2, -0.15) is 0 Å². The zero-order valence-electron chi connectivity index (χ0n) is 11.4. The summed E-state index contributed by atoms with van der Waals surface area (Å²) in [5.41, 5.74) is 0. The molecular weight excluding hydrogens is 363 g/mol. The van der Waals surface area contributed by atoms with Gasteiger partial charge in [-0.25, -0.2) is 9.18 Å². The van der Waals surface area contributed by atoms with E-state index in [1.807, 2.05) is 0 Å². The first-order chi connectivity index (χ1) is 9.99. The van der Waals surface area contributed by atoms with Gasteiger partial charge in [0.1, 0.15) is 6.17 Å². The summed E-state index contributed by atoms with van der Waals surface area (Å²) in [5, 5.41) is 17.9. The molecule has 0 unspecified atom stereocenters. The van der Waals surface area contributed by atoms with Gasteiger partial charge in [0.2, 0.25) is 5.13 Å². The van der Waals surface area contributed by atoms with E-state index < -0.39 is 18.3 Å². The molecule has 0 aliphatic carbocycles. The Balaban J connectivity index is 1.84. The van der Waals surface area contributed by atoms with E-state index in [-0.39, 0.29) is 12.1 Å². The number of amides is 1. The number of aromatic nitrogens is 2. The van der Waals surface area contributed by atoms with Gasteiger partial charge in [0.05, 0.1) is 12.1 Å². The topological polar surface area (TPSA) is 69.6 Å². The van der Waals surface area contributed by atoms with Crippen molar-refractivity contribution in [1.29, 1.82) is 0 Å². The van der Waals surface area contributed by atoms with Crippen molar-refractivity contribution in [1.82, 2.24) is 15.1 Å². The molecule has 116 valence electrons. The highest BCUT2D eigenvalue weighted by molar-refractivity contribution is 9.11. The minimum Gasteiger partial charge on any atom is -0.465 e. The first-order valence-corrected chi connectivity index (χ1v) is 8.47. The molecule has 3 heterocycles. The van der Waals surface area contributed by atoms with Crippen molar-refractivity contribution in [3.63, 3.8) is 0 Å². The fourth-order valence-electron chi connectivity index (χ4n) is 3.47. The van der Waals surface area contributed by atoms with Gasteiger partial charge in [0.15, 0.2) is 3.92 Å². The summed E-state index contributed by atoms with van der Waals surface area (Å²) in [7, 11) is 1.80. The van der Waals surface area contributed by atoms with Crippen LogP contribution >= 0.6 is 27.3 Å². The standard InChI is InChI=1S/C12H16BrFN4O2S/c1-17(11-16-15-10(13)21-11)8-5-6-3-2-4-7(9(8)14)18(6)12(19)20/h6-9H,2-5H2,1H3,(H,19,20)/t6-,7+,8-,9+/m1/s1. The van der Waals surface area contributed by atoms with Crippen LogP contribution in [0.2, 0.25) is 0 Å². The Bertz CT molecular complexity index is 545. The maximum absolute atomic E-state index is 14.9. The minimum atomic E-state index is -1.20. The highest BCUT2D eigenvalue weighted by Crippen LogP contribution is 2.39. The Kier molecular flexibility index (Phi) is 4.04. The summed E-state index contributed by atoms with van der Waals surface area (Å²) in [6, 6.07) is -0.994. The number of hydrogen-bond acceptors (Lipinski definition) is 5. The van der Waals surface area contributed by atoms with Crippen molar-refractivity contribution in [3.05, 3.63) is 3.92 Å². The van der Waals surface area contributed by atoms with E-state index in [0.29, 0.717) is 21.9 Å². The van der Waals surface area contributed by atoms with E-state index in [0.717, 1.165) is 12.8 Å². The molecule has 0 spiro atoms. The molecule has 3 rings (SSSR count). The van der Waals surface area contributed by atoms with Crippen LogP contribution in [0.1, 0.15) is 25.7 Å². The number of piperidine rings is 2. The van der Waals surface area contributed by atoms with Gasteiger partial charge in [-0.05, 0) is 41.6 Å². The van der Waals surface area contributed by atoms with Crippen molar-refractivity contribution in [2.24, 2.45) is 0 Å². The van der Waals surface area contributed by atoms with Crippen molar-refractivity contribution in [3.8, 4) is 0 Å². The SMILES string of the molecule is CN(c1nnc(Br)s1)[C@@H]1C[C@H]2CCC[C@@H]([C@@H]1F)N2C(=O)O. The number of alkyl halides is 1. The normalized spacial score (nSPS) is 32.0. The Morgan fingerprint density at radius 3 is 2.90 bits per heavy atom. The molecule has 0 aromatic carbocycles. The number of halogens is 2. The summed E-state index contributed by atoms with van der Waals surface area (Å²) >= 11 is 4.61. The third-order valence-corrected chi connectivity index (χ3v) is 5.89. The predicted octanol–water partition coefficient (Wildman–Crippen LogP) is 2.75. The van der Waals surface area contributed by atoms with Crippen LogP contribution in [0.15, 0.2) is 3.92 Å². The van der Waals surface area contributed by atoms with Crippen LogP contribution in [-0.2, 0) is 0 Å². The highest BCUT2D eigenvalue weighted by atomic mass is 79.9. The summed E-state index contributed by atoms with van der Waals surface area (Å²) in [6.45, 7) is 0. The Labute approximate surface area is 134 Å². The van der Waals surface area contributed by atoms with Gasteiger partial charge in [0.25, 0.3) is 0 Å². The van der Waals surface area contributed by atoms with E-state index in [1.165, 1.54) is 16.2 Å². The van der Waals surface area contributed by atoms with E-state index in [1.54, 1.807) is 11.9 Å². The summed E-state index contributed by atoms with van der Waals surface area (Å²) in [6.07, 6.45) is 0.573. The molecule has 2 saturated heterocycles. The van der Waals surface area contributed by atoms with Crippen LogP contribution in [0.5, 0.6) is 0 Å². The van der Waals surface area contributed by atoms with E-state index in [9.17, 15) is 14.3 Å². The lowest BCUT2D eigenvalue weighted by Crippen LogP contribution is -2.64. The van der Waals surface area contributed by atoms with Crippen LogP contribution in [0.25, 0.3) is 0 Å². The van der Waals surface area contributed by atoms with Crippen molar-refractivity contribution in [2.45, 2.75) is 50.0 Å². The number of rotatable bonds is 2. The van der Waals surface area contributed by atoms with Crippen molar-refractivity contribution in [2.75, 3.05) is 11.9 Å². The van der Waals surface area contributed by atoms with Gasteiger partial charge in [-0.1, -0.05) is 11.3 Å². The lowest BCUT2D eigenvalue weighted by Gasteiger charge is -2.50. The summed E-state index contributed by atoms with van der Waals surface area (Å²) < 4.78 is 15.5. The largest absolute Gasteiger partial charge is 0.465 e. The monoisotopic (exact) mass is 378 g/mol. The third-order valence-electron chi connectivity index (χ3n) is 4.45. The second kappa shape index (κ2) is 5.68. The van der Waals surface area contributed by atoms with Gasteiger partial charge in [-0.15, -0.1) is 10.2 Å². The number of fused-ring (bicyclic) bond motifs is 2. The molecule has 21 heavy (non-hydrogen) atoms. The molecule has 6 nitrogen and oxygen atoms in total. The first kappa shape index (κ1) is 15.0. The predicted molar refractivity (Wildman–Crippen MR) is 80.6 cm³/mol. The molecular formula is C12H16BrFN4O2S. The third kappa shape index (κ3) is 2.61. The number of carbonyl (C=O) groups is 1. The van der Waals surface area contributed by atoms with E-state index >= 15 is 0 Å². The molecule has 2 fully saturated rings. The second-order valence-corrected chi connectivity index (χ2v) is 7.77. The molecule has 2 aliphatic heterocycles. The van der Waals surface area contributed by atoms with Gasteiger partial charge >= 0.3 is 6.09 Å². The Hall–Kier alpha value is -0.960. The Morgan fingerprint density at radius 2 is 2.29 bits per heavy atom. The lowest BCUT2D eigenvalue weighted by molar-refractivity contribution is -0.0126. The average Bonchev–Trinajstić information content (AvgIpc) is 2.88. The van der Waals surface area contributed by atoms with Gasteiger partial charge in [0, 0.05) is 13.1 Å². The van der Waals surface area contributed by atoms with Crippen LogP contribution in [-0.4, -0.2) is 57.6 Å². The second-order valence-electron chi connectivity index (χ2n) is 5.54. The number of nitrogens with zero attached hydrogens (tertiary/aromatic N) is 4. The fourth-order valence-corrected chi connectivity index (χ4v) is 4.58. The molecule has 1 aromatic rings. The maximum Gasteiger partial charge on any atom is 0.407 e. The minimum absolute atomic E-state index is 0.0999. The van der Waals surface area contributed by atoms with Gasteiger partial charge in [-0.3, -0.25) is 4.90 Å². The molecule has 0 saturated carbocycles. The van der Waals surface area contributed by atoms with Crippen LogP contribution in [0.4, 0.5) is 14.3 Å². The molecule has 2 aliphatic rings. The molecule has 2 bridgehead atoms. The maximum atomic E-state index is 14.9. The molecule has 0 radical (unpaired) electrons. The van der Waals surface area contributed by atoms with E-state index in [4.69, 9.17) is 0 Å². The Morgan fingerprint density at radius 1 is 1.52 bits per heavy atom. The molecule has 1 aromatic heterocycles. The van der Waals surface area contributed by atoms with E-state index in [2.05, 4.69) is 26.1 Å². The fraction of sp³-hybridized carbons (Fsp3) is 0.750. The van der Waals surface area contributed by atoms with Crippen molar-refractivity contribution < 1.29 is 14.3 Å². The first-order valence-electron chi connectivity index (χ1n) is 6.86. The van der Waals surface area contributed by atoms with Crippen LogP contribution in [0, 0.1) is 0 Å². The summed E-state index contributed by atoms with van der Waals surface area (Å²) in [4.78, 5) is 14.5. The summed E-state index contributed by atoms with van der Waals surface area (Å²) in [5.74, 6) is 0. The van der Waals surface area contributed by atoms with Crippen LogP contribution < -0.4 is 4.90 Å². The zero-order chi connectivity index (χ0) is 15.1. The smallest absolute Gasteiger partial charge is 0.407 e. The number of anilines is 1. The highest BCUT2D eigenvalue weighted by Gasteiger charge is 2.49. The van der Waals surface area contributed by atoms with Crippen LogP contribution in [0.3, 0.4) is 0 Å². The molecule has 1 N–H and O–H groups in total. The molecule has 9 heteroatoms. The average molecular weight is 379 g/mol. The lowest BCUT2D eigenvalue weighted by atomic mass is 9.80.